The van der Waals surface area contributed by atoms with Crippen molar-refractivity contribution in [2.45, 2.75) is 51.2 Å². The van der Waals surface area contributed by atoms with Gasteiger partial charge in [0, 0.05) is 0 Å². The SMILES string of the molecule is CC.[3H]C(=O)OCc1ccc(OC2O[C@H](CO)[C@H](O)[C@H](O)[C@H]2O)c(C(=O)NC[CH2-])c1.[CH3-].[U+2]. The van der Waals surface area contributed by atoms with Gasteiger partial charge >= 0.3 is 31.1 Å². The van der Waals surface area contributed by atoms with E-state index < -0.39 is 49.7 Å². The normalized spacial score (nSPS) is 24.7. The molecule has 0 aromatic heterocycles. The molecule has 1 aliphatic rings. The standard InChI is InChI=1S/C17H22NO9.C2H6.CH3.U/c1-2-18-16(24)10-5-9(7-25-8-20)3-4-11(10)26-17-15(23)14(22)13(21)12(6-19)27-17;1-2;;/h3-5,8,12-15,17,19,21-23H,1-2,6-7H2,(H,18,24);1-2H3;1H3;/q-1;;-1;+2/t12-,13+,14+,15-,17?;;;/m1.../s1/i8T;;;. The van der Waals surface area contributed by atoms with E-state index in [9.17, 15) is 30.0 Å². The second-order valence-electron chi connectivity index (χ2n) is 5.77. The molecule has 5 atom stereocenters. The number of hydrogen-bond donors (Lipinski definition) is 5. The molecule has 11 heteroatoms. The van der Waals surface area contributed by atoms with Crippen LogP contribution in [0.1, 0.15) is 31.1 Å². The minimum atomic E-state index is -1.65. The average molecular weight is 670 g/mol. The van der Waals surface area contributed by atoms with E-state index in [4.69, 9.17) is 10.8 Å². The van der Waals surface area contributed by atoms with Gasteiger partial charge in [-0.1, -0.05) is 19.9 Å². The molecule has 1 fully saturated rings. The van der Waals surface area contributed by atoms with Crippen molar-refractivity contribution in [3.8, 4) is 5.75 Å². The maximum Gasteiger partial charge on any atom is 2.00 e. The fourth-order valence-electron chi connectivity index (χ4n) is 2.56. The summed E-state index contributed by atoms with van der Waals surface area (Å²) in [5.74, 6) is -0.607. The number of rotatable bonds is 7. The molecule has 0 radical (unpaired) electrons. The molecule has 1 unspecified atom stereocenters. The van der Waals surface area contributed by atoms with E-state index in [0.29, 0.717) is 5.56 Å². The van der Waals surface area contributed by atoms with E-state index in [0.717, 1.165) is 0 Å². The maximum atomic E-state index is 12.3. The van der Waals surface area contributed by atoms with Crippen molar-refractivity contribution in [1.29, 1.82) is 0 Å². The molecule has 174 valence electrons. The van der Waals surface area contributed by atoms with Crippen molar-refractivity contribution >= 4 is 12.4 Å². The Morgan fingerprint density at radius 2 is 1.94 bits per heavy atom. The number of ether oxygens (including phenoxy) is 3. The third kappa shape index (κ3) is 8.69. The van der Waals surface area contributed by atoms with Crippen molar-refractivity contribution in [2.75, 3.05) is 13.2 Å². The molecule has 0 bridgehead atoms. The Balaban J connectivity index is 0. The van der Waals surface area contributed by atoms with Gasteiger partial charge in [0.15, 0.2) is 1.37 Å². The number of benzene rings is 1. The predicted molar refractivity (Wildman–Crippen MR) is 107 cm³/mol. The zero-order chi connectivity index (χ0) is 22.8. The first-order valence-electron chi connectivity index (χ1n) is 9.59. The Labute approximate surface area is 207 Å². The van der Waals surface area contributed by atoms with E-state index >= 15 is 0 Å². The largest absolute Gasteiger partial charge is 2.00 e. The number of amides is 1. The third-order valence-electron chi connectivity index (χ3n) is 3.96. The van der Waals surface area contributed by atoms with E-state index in [2.05, 4.69) is 17.0 Å². The number of aliphatic hydroxyl groups is 4. The molecule has 1 amide bonds. The fourth-order valence-corrected chi connectivity index (χ4v) is 2.56. The summed E-state index contributed by atoms with van der Waals surface area (Å²) in [7, 11) is 0. The molecule has 1 aromatic rings. The van der Waals surface area contributed by atoms with Crippen LogP contribution in [0.2, 0.25) is 0 Å². The molecule has 31 heavy (non-hydrogen) atoms. The van der Waals surface area contributed by atoms with Gasteiger partial charge in [-0.2, -0.15) is 0 Å². The van der Waals surface area contributed by atoms with Gasteiger partial charge in [-0.15, -0.1) is 6.54 Å². The minimum Gasteiger partial charge on any atom is -0.463 e. The summed E-state index contributed by atoms with van der Waals surface area (Å²) in [5.41, 5.74) is 0.398. The monoisotopic (exact) mass is 669 g/mol. The number of aliphatic hydroxyl groups excluding tert-OH is 4. The molecule has 0 spiro atoms. The molecule has 5 N–H and O–H groups in total. The Hall–Kier alpha value is -1.19. The number of nitrogens with one attached hydrogen (secondary N) is 1. The van der Waals surface area contributed by atoms with Gasteiger partial charge in [0.25, 0.3) is 12.4 Å². The number of hydrogen-bond acceptors (Lipinski definition) is 9. The second-order valence-corrected chi connectivity index (χ2v) is 5.77. The van der Waals surface area contributed by atoms with Crippen LogP contribution in [0.5, 0.6) is 5.75 Å². The van der Waals surface area contributed by atoms with E-state index in [1.807, 2.05) is 13.8 Å². The smallest absolute Gasteiger partial charge is 0.463 e. The van der Waals surface area contributed by atoms with Gasteiger partial charge in [-0.25, -0.2) is 0 Å². The zero-order valence-electron chi connectivity index (χ0n) is 18.8. The summed E-state index contributed by atoms with van der Waals surface area (Å²) in [6.45, 7) is 6.71. The van der Waals surface area contributed by atoms with Crippen LogP contribution < -0.4 is 10.1 Å². The maximum absolute atomic E-state index is 12.3. The van der Waals surface area contributed by atoms with Crippen LogP contribution in [0.3, 0.4) is 0 Å². The molecular formula is C20H31NO9U. The summed E-state index contributed by atoms with van der Waals surface area (Å²) in [6.07, 6.45) is -8.70. The first kappa shape index (κ1) is 29.8. The van der Waals surface area contributed by atoms with Crippen LogP contribution in [-0.4, -0.2) is 76.6 Å². The van der Waals surface area contributed by atoms with Crippen LogP contribution in [-0.2, 0) is 20.9 Å². The third-order valence-corrected chi connectivity index (χ3v) is 3.96. The minimum absolute atomic E-state index is 0. The number of carbonyl (C=O) groups is 2. The number of carbonyl (C=O) groups excluding carboxylic acids is 2. The van der Waals surface area contributed by atoms with Gasteiger partial charge in [0.05, 0.1) is 12.2 Å². The fraction of sp³-hybridized carbons (Fsp3) is 0.500. The van der Waals surface area contributed by atoms with Gasteiger partial charge in [-0.05, 0) is 17.7 Å². The van der Waals surface area contributed by atoms with Crippen LogP contribution in [0.15, 0.2) is 18.2 Å². The predicted octanol–water partition coefficient (Wildman–Crippen LogP) is -0.421. The topological polar surface area (TPSA) is 155 Å². The first-order valence-corrected chi connectivity index (χ1v) is 9.09. The quantitative estimate of drug-likeness (QED) is 0.193. The van der Waals surface area contributed by atoms with Gasteiger partial charge < -0.3 is 54.3 Å². The average Bonchev–Trinajstić information content (AvgIpc) is 2.74. The summed E-state index contributed by atoms with van der Waals surface area (Å²) in [4.78, 5) is 23.0. The van der Waals surface area contributed by atoms with Crippen LogP contribution in [0.4, 0.5) is 0 Å². The summed E-state index contributed by atoms with van der Waals surface area (Å²) >= 11 is 0. The molecule has 10 nitrogen and oxygen atoms in total. The molecule has 2 rings (SSSR count). The van der Waals surface area contributed by atoms with Crippen LogP contribution in [0.25, 0.3) is 0 Å². The molecule has 1 saturated heterocycles. The summed E-state index contributed by atoms with van der Waals surface area (Å²) in [6, 6.07) is 4.17. The van der Waals surface area contributed by atoms with Crippen molar-refractivity contribution in [2.24, 2.45) is 0 Å². The van der Waals surface area contributed by atoms with E-state index in [1.165, 1.54) is 18.2 Å². The van der Waals surface area contributed by atoms with Crippen molar-refractivity contribution in [1.82, 2.24) is 5.32 Å². The molecule has 1 heterocycles. The van der Waals surface area contributed by atoms with Crippen LogP contribution >= 0.6 is 0 Å². The summed E-state index contributed by atoms with van der Waals surface area (Å²) < 4.78 is 22.1. The molecular weight excluding hydrogens is 636 g/mol. The zero-order valence-corrected chi connectivity index (χ0v) is 21.9. The molecule has 0 aliphatic carbocycles. The van der Waals surface area contributed by atoms with Gasteiger partial charge in [0.1, 0.15) is 36.8 Å². The van der Waals surface area contributed by atoms with Crippen molar-refractivity contribution in [3.63, 3.8) is 0 Å². The Morgan fingerprint density at radius 3 is 2.48 bits per heavy atom. The van der Waals surface area contributed by atoms with Gasteiger partial charge in [-0.3, -0.25) is 9.59 Å². The van der Waals surface area contributed by atoms with Crippen molar-refractivity contribution < 1.29 is 76.7 Å². The molecule has 0 saturated carbocycles. The molecule has 1 aliphatic heterocycles. The van der Waals surface area contributed by atoms with E-state index in [1.54, 1.807) is 0 Å². The second kappa shape index (κ2) is 16.4. The summed E-state index contributed by atoms with van der Waals surface area (Å²) in [5, 5.41) is 41.5. The van der Waals surface area contributed by atoms with E-state index in [-0.39, 0.29) is 63.0 Å². The van der Waals surface area contributed by atoms with Crippen molar-refractivity contribution in [3.05, 3.63) is 43.7 Å². The Bertz CT molecular complexity index is 708. The van der Waals surface area contributed by atoms with Crippen LogP contribution in [0, 0.1) is 45.5 Å². The first-order chi connectivity index (χ1) is 14.3. The van der Waals surface area contributed by atoms with Gasteiger partial charge in [0.2, 0.25) is 6.29 Å². The Morgan fingerprint density at radius 1 is 1.29 bits per heavy atom. The Kier molecular flexibility index (Phi) is 15.8. The molecule has 1 aromatic carbocycles.